The molecule has 4 N–H and O–H groups in total. The molecule has 0 aliphatic heterocycles. The van der Waals surface area contributed by atoms with E-state index in [1.807, 2.05) is 6.07 Å². The number of fused-ring (bicyclic) bond motifs is 1. The Bertz CT molecular complexity index is 516. The Morgan fingerprint density at radius 1 is 1.50 bits per heavy atom. The van der Waals surface area contributed by atoms with Gasteiger partial charge in [-0.15, -0.1) is 0 Å². The number of H-pyrrole nitrogens is 1. The van der Waals surface area contributed by atoms with E-state index in [1.165, 1.54) is 12.8 Å². The van der Waals surface area contributed by atoms with Gasteiger partial charge < -0.3 is 15.8 Å². The number of aromatic hydroxyl groups is 1. The molecule has 2 aromatic rings. The van der Waals surface area contributed by atoms with Gasteiger partial charge in [0.15, 0.2) is 0 Å². The van der Waals surface area contributed by atoms with Crippen molar-refractivity contribution in [3.8, 4) is 5.75 Å². The van der Waals surface area contributed by atoms with Crippen LogP contribution in [0.4, 0.5) is 0 Å². The third-order valence-corrected chi connectivity index (χ3v) is 3.17. The molecule has 0 amide bonds. The first-order valence-corrected chi connectivity index (χ1v) is 5.65. The zero-order valence-corrected chi connectivity index (χ0v) is 8.98. The maximum atomic E-state index is 9.35. The number of imidazole rings is 1. The van der Waals surface area contributed by atoms with E-state index < -0.39 is 0 Å². The van der Waals surface area contributed by atoms with Gasteiger partial charge in [-0.3, -0.25) is 0 Å². The lowest BCUT2D eigenvalue weighted by Gasteiger charge is -2.06. The average molecular weight is 217 g/mol. The summed E-state index contributed by atoms with van der Waals surface area (Å²) in [6.07, 6.45) is 3.30. The Hall–Kier alpha value is -1.55. The average Bonchev–Trinajstić information content (AvgIpc) is 3.00. The molecule has 0 spiro atoms. The second kappa shape index (κ2) is 3.49. The molecule has 1 aromatic carbocycles. The Labute approximate surface area is 93.5 Å². The van der Waals surface area contributed by atoms with Crippen LogP contribution in [0, 0.1) is 5.92 Å². The van der Waals surface area contributed by atoms with E-state index >= 15 is 0 Å². The number of rotatable bonds is 3. The van der Waals surface area contributed by atoms with Crippen LogP contribution in [0.3, 0.4) is 0 Å². The maximum Gasteiger partial charge on any atom is 0.117 e. The van der Waals surface area contributed by atoms with Gasteiger partial charge in [-0.25, -0.2) is 4.98 Å². The van der Waals surface area contributed by atoms with Gasteiger partial charge in [-0.1, -0.05) is 0 Å². The minimum absolute atomic E-state index is 0.217. The molecule has 4 nitrogen and oxygen atoms in total. The number of phenolic OH excluding ortho intramolecular Hbond substituents is 1. The van der Waals surface area contributed by atoms with Crippen LogP contribution in [0.25, 0.3) is 11.0 Å². The second-order valence-electron chi connectivity index (χ2n) is 4.59. The topological polar surface area (TPSA) is 74.9 Å². The summed E-state index contributed by atoms with van der Waals surface area (Å²) in [5.74, 6) is 1.86. The number of nitrogens with one attached hydrogen (secondary N) is 1. The zero-order chi connectivity index (χ0) is 11.1. The molecule has 1 atom stereocenters. The van der Waals surface area contributed by atoms with Gasteiger partial charge in [0, 0.05) is 18.5 Å². The van der Waals surface area contributed by atoms with Gasteiger partial charge in [0.2, 0.25) is 0 Å². The van der Waals surface area contributed by atoms with E-state index in [-0.39, 0.29) is 11.8 Å². The van der Waals surface area contributed by atoms with Crippen LogP contribution in [0.2, 0.25) is 0 Å². The number of aromatic amines is 1. The van der Waals surface area contributed by atoms with Crippen LogP contribution in [0.15, 0.2) is 18.2 Å². The fourth-order valence-electron chi connectivity index (χ4n) is 2.06. The van der Waals surface area contributed by atoms with E-state index in [9.17, 15) is 5.11 Å². The first kappa shape index (κ1) is 9.66. The Kier molecular flexibility index (Phi) is 2.11. The van der Waals surface area contributed by atoms with Crippen molar-refractivity contribution in [1.82, 2.24) is 9.97 Å². The smallest absolute Gasteiger partial charge is 0.117 e. The predicted molar refractivity (Wildman–Crippen MR) is 62.2 cm³/mol. The molecule has 1 unspecified atom stereocenters. The molecule has 1 aliphatic rings. The number of hydrogen-bond donors (Lipinski definition) is 3. The molecule has 16 heavy (non-hydrogen) atoms. The highest BCUT2D eigenvalue weighted by Gasteiger charge is 2.29. The van der Waals surface area contributed by atoms with Crippen LogP contribution < -0.4 is 5.73 Å². The third kappa shape index (κ3) is 1.76. The van der Waals surface area contributed by atoms with Crippen LogP contribution in [-0.4, -0.2) is 21.1 Å². The first-order valence-electron chi connectivity index (χ1n) is 5.65. The van der Waals surface area contributed by atoms with Gasteiger partial charge >= 0.3 is 0 Å². The van der Waals surface area contributed by atoms with Crippen molar-refractivity contribution in [1.29, 1.82) is 0 Å². The minimum atomic E-state index is 0.217. The van der Waals surface area contributed by atoms with Crippen molar-refractivity contribution in [2.24, 2.45) is 11.7 Å². The van der Waals surface area contributed by atoms with E-state index in [0.29, 0.717) is 5.92 Å². The first-order chi connectivity index (χ1) is 7.72. The Balaban J connectivity index is 1.86. The van der Waals surface area contributed by atoms with Gasteiger partial charge in [-0.2, -0.15) is 0 Å². The molecular formula is C12H15N3O. The molecule has 0 radical (unpaired) electrons. The second-order valence-corrected chi connectivity index (χ2v) is 4.59. The number of benzene rings is 1. The summed E-state index contributed by atoms with van der Waals surface area (Å²) in [5, 5.41) is 9.35. The van der Waals surface area contributed by atoms with Crippen molar-refractivity contribution in [2.45, 2.75) is 25.3 Å². The van der Waals surface area contributed by atoms with Crippen molar-refractivity contribution >= 4 is 11.0 Å². The molecule has 3 rings (SSSR count). The summed E-state index contributed by atoms with van der Waals surface area (Å²) < 4.78 is 0. The molecule has 1 saturated carbocycles. The molecule has 4 heteroatoms. The number of hydrogen-bond acceptors (Lipinski definition) is 3. The lowest BCUT2D eigenvalue weighted by atomic mass is 10.1. The number of aromatic nitrogens is 2. The molecule has 1 aromatic heterocycles. The number of nitrogens with zero attached hydrogens (tertiary/aromatic N) is 1. The highest BCUT2D eigenvalue weighted by atomic mass is 16.3. The number of phenols is 1. The lowest BCUT2D eigenvalue weighted by molar-refractivity contribution is 0.476. The van der Waals surface area contributed by atoms with Crippen molar-refractivity contribution < 1.29 is 5.11 Å². The summed E-state index contributed by atoms with van der Waals surface area (Å²) in [6.45, 7) is 0. The van der Waals surface area contributed by atoms with Crippen molar-refractivity contribution in [3.63, 3.8) is 0 Å². The summed E-state index contributed by atoms with van der Waals surface area (Å²) in [4.78, 5) is 7.66. The van der Waals surface area contributed by atoms with Crippen LogP contribution in [0.5, 0.6) is 5.75 Å². The standard InChI is InChI=1S/C12H15N3O/c13-9(7-1-2-7)6-12-14-10-4-3-8(16)5-11(10)15-12/h3-5,7,9,16H,1-2,6,13H2,(H,14,15). The fourth-order valence-corrected chi connectivity index (χ4v) is 2.06. The SMILES string of the molecule is NC(Cc1nc2ccc(O)cc2[nH]1)C1CC1. The lowest BCUT2D eigenvalue weighted by Crippen LogP contribution is -2.25. The predicted octanol–water partition coefficient (Wildman–Crippen LogP) is 1.55. The van der Waals surface area contributed by atoms with Crippen LogP contribution >= 0.6 is 0 Å². The van der Waals surface area contributed by atoms with E-state index in [2.05, 4.69) is 9.97 Å². The van der Waals surface area contributed by atoms with Crippen molar-refractivity contribution in [3.05, 3.63) is 24.0 Å². The van der Waals surface area contributed by atoms with E-state index in [0.717, 1.165) is 23.3 Å². The Morgan fingerprint density at radius 3 is 3.06 bits per heavy atom. The largest absolute Gasteiger partial charge is 0.508 e. The van der Waals surface area contributed by atoms with Gasteiger partial charge in [0.1, 0.15) is 11.6 Å². The Morgan fingerprint density at radius 2 is 2.31 bits per heavy atom. The van der Waals surface area contributed by atoms with Crippen LogP contribution in [-0.2, 0) is 6.42 Å². The highest BCUT2D eigenvalue weighted by Crippen LogP contribution is 2.32. The quantitative estimate of drug-likeness (QED) is 0.730. The fraction of sp³-hybridized carbons (Fsp3) is 0.417. The molecule has 1 aliphatic carbocycles. The molecular weight excluding hydrogens is 202 g/mol. The molecule has 84 valence electrons. The number of nitrogens with two attached hydrogens (primary N) is 1. The van der Waals surface area contributed by atoms with E-state index in [4.69, 9.17) is 5.73 Å². The van der Waals surface area contributed by atoms with Crippen LogP contribution in [0.1, 0.15) is 18.7 Å². The zero-order valence-electron chi connectivity index (χ0n) is 8.98. The minimum Gasteiger partial charge on any atom is -0.508 e. The third-order valence-electron chi connectivity index (χ3n) is 3.17. The summed E-state index contributed by atoms with van der Waals surface area (Å²) >= 11 is 0. The molecule has 1 fully saturated rings. The maximum absolute atomic E-state index is 9.35. The van der Waals surface area contributed by atoms with Crippen molar-refractivity contribution in [2.75, 3.05) is 0 Å². The summed E-state index contributed by atoms with van der Waals surface area (Å²) in [6, 6.07) is 5.37. The van der Waals surface area contributed by atoms with E-state index in [1.54, 1.807) is 12.1 Å². The normalized spacial score (nSPS) is 17.8. The van der Waals surface area contributed by atoms with Gasteiger partial charge in [-0.05, 0) is 30.9 Å². The van der Waals surface area contributed by atoms with Gasteiger partial charge in [0.05, 0.1) is 11.0 Å². The molecule has 1 heterocycles. The molecule has 0 saturated heterocycles. The summed E-state index contributed by atoms with van der Waals surface area (Å²) in [5.41, 5.74) is 7.81. The summed E-state index contributed by atoms with van der Waals surface area (Å²) in [7, 11) is 0. The van der Waals surface area contributed by atoms with Gasteiger partial charge in [0.25, 0.3) is 0 Å². The molecule has 0 bridgehead atoms. The highest BCUT2D eigenvalue weighted by molar-refractivity contribution is 5.76. The monoisotopic (exact) mass is 217 g/mol.